The second-order valence-corrected chi connectivity index (χ2v) is 9.50. The van der Waals surface area contributed by atoms with Crippen LogP contribution in [0.5, 0.6) is 0 Å². The van der Waals surface area contributed by atoms with E-state index in [0.29, 0.717) is 0 Å². The van der Waals surface area contributed by atoms with Gasteiger partial charge < -0.3 is 0 Å². The van der Waals surface area contributed by atoms with Gasteiger partial charge in [-0.25, -0.2) is 0 Å². The maximum atomic E-state index is 4.71. The lowest BCUT2D eigenvalue weighted by Gasteiger charge is -2.41. The van der Waals surface area contributed by atoms with Gasteiger partial charge in [-0.1, -0.05) is 97.1 Å². The Balaban J connectivity index is 1.87. The summed E-state index contributed by atoms with van der Waals surface area (Å²) in [6.45, 7) is 4.60. The zero-order chi connectivity index (χ0) is 20.8. The Hall–Kier alpha value is -2.80. The van der Waals surface area contributed by atoms with Gasteiger partial charge in [0.2, 0.25) is 0 Å². The number of aromatic nitrogens is 1. The predicted molar refractivity (Wildman–Crippen MR) is 128 cm³/mol. The quantitative estimate of drug-likeness (QED) is 0.335. The van der Waals surface area contributed by atoms with Crippen LogP contribution in [0.1, 0.15) is 37.2 Å². The Labute approximate surface area is 181 Å². The Morgan fingerprint density at radius 3 is 1.60 bits per heavy atom. The summed E-state index contributed by atoms with van der Waals surface area (Å²) in [6, 6.07) is 39.2. The third-order valence-electron chi connectivity index (χ3n) is 5.42. The molecular weight excluding hydrogens is 383 g/mol. The first-order valence-electron chi connectivity index (χ1n) is 10.4. The molecule has 0 bridgehead atoms. The lowest BCUT2D eigenvalue weighted by Crippen LogP contribution is -2.33. The van der Waals surface area contributed by atoms with Crippen LogP contribution < -0.4 is 10.6 Å². The van der Waals surface area contributed by atoms with Crippen LogP contribution in [0.2, 0.25) is 0 Å². The van der Waals surface area contributed by atoms with Crippen molar-refractivity contribution in [2.24, 2.45) is 0 Å². The molecule has 3 heteroatoms. The number of hydrogen-bond donors (Lipinski definition) is 0. The van der Waals surface area contributed by atoms with Gasteiger partial charge in [-0.2, -0.15) is 0 Å². The smallest absolute Gasteiger partial charge is 0.0576 e. The standard InChI is InChI=1S/C27H27N2P/c1-22(24-14-6-3-7-15-24)29(23(2)27-20-12-13-21-28-27)30(25-16-8-4-9-17-25)26-18-10-5-11-19-26/h3-23H,1-2H3/t22-,23-/m0/s1. The molecule has 0 aliphatic carbocycles. The van der Waals surface area contributed by atoms with Crippen molar-refractivity contribution in [1.82, 2.24) is 9.65 Å². The molecule has 0 spiro atoms. The molecule has 0 aliphatic heterocycles. The van der Waals surface area contributed by atoms with Crippen LogP contribution in [-0.4, -0.2) is 9.65 Å². The van der Waals surface area contributed by atoms with Crippen molar-refractivity contribution in [3.8, 4) is 0 Å². The van der Waals surface area contributed by atoms with Crippen LogP contribution >= 0.6 is 8.07 Å². The maximum absolute atomic E-state index is 4.71. The summed E-state index contributed by atoms with van der Waals surface area (Å²) in [5.41, 5.74) is 2.42. The third kappa shape index (κ3) is 4.51. The molecule has 1 aromatic heterocycles. The molecule has 150 valence electrons. The highest BCUT2D eigenvalue weighted by atomic mass is 31.1. The number of nitrogens with zero attached hydrogens (tertiary/aromatic N) is 2. The SMILES string of the molecule is C[C@@H](c1ccccc1)N([C@@H](C)c1ccccn1)P(c1ccccc1)c1ccccc1. The molecule has 0 aliphatic rings. The summed E-state index contributed by atoms with van der Waals surface area (Å²) in [7, 11) is -0.747. The third-order valence-corrected chi connectivity index (χ3v) is 8.15. The van der Waals surface area contributed by atoms with Crippen LogP contribution in [0, 0.1) is 0 Å². The molecule has 3 aromatic carbocycles. The van der Waals surface area contributed by atoms with Gasteiger partial charge in [0.1, 0.15) is 0 Å². The Morgan fingerprint density at radius 1 is 0.600 bits per heavy atom. The highest BCUT2D eigenvalue weighted by Gasteiger charge is 2.32. The first-order chi connectivity index (χ1) is 14.8. The summed E-state index contributed by atoms with van der Waals surface area (Å²) in [5, 5.41) is 2.70. The highest BCUT2D eigenvalue weighted by Crippen LogP contribution is 2.49. The first-order valence-corrected chi connectivity index (χ1v) is 11.7. The largest absolute Gasteiger partial charge is 0.260 e. The van der Waals surface area contributed by atoms with Crippen LogP contribution in [0.3, 0.4) is 0 Å². The second kappa shape index (κ2) is 9.80. The van der Waals surface area contributed by atoms with Gasteiger partial charge in [-0.3, -0.25) is 9.65 Å². The van der Waals surface area contributed by atoms with Crippen molar-refractivity contribution < 1.29 is 0 Å². The maximum Gasteiger partial charge on any atom is 0.0576 e. The van der Waals surface area contributed by atoms with E-state index in [1.165, 1.54) is 16.2 Å². The predicted octanol–water partition coefficient (Wildman–Crippen LogP) is 6.25. The van der Waals surface area contributed by atoms with E-state index in [1.54, 1.807) is 0 Å². The summed E-state index contributed by atoms with van der Waals surface area (Å²) in [6.07, 6.45) is 1.89. The van der Waals surface area contributed by atoms with E-state index in [0.717, 1.165) is 5.69 Å². The van der Waals surface area contributed by atoms with Crippen LogP contribution in [-0.2, 0) is 0 Å². The fourth-order valence-corrected chi connectivity index (χ4v) is 6.56. The average molecular weight is 411 g/mol. The van der Waals surface area contributed by atoms with E-state index in [4.69, 9.17) is 4.98 Å². The number of benzene rings is 3. The molecule has 0 amide bonds. The van der Waals surface area contributed by atoms with Crippen molar-refractivity contribution in [3.05, 3.63) is 127 Å². The van der Waals surface area contributed by atoms with Gasteiger partial charge in [0, 0.05) is 20.3 Å². The summed E-state index contributed by atoms with van der Waals surface area (Å²) in [5.74, 6) is 0. The Kier molecular flexibility index (Phi) is 6.69. The molecule has 0 radical (unpaired) electrons. The fourth-order valence-electron chi connectivity index (χ4n) is 3.88. The number of hydrogen-bond acceptors (Lipinski definition) is 2. The van der Waals surface area contributed by atoms with E-state index in [2.05, 4.69) is 122 Å². The minimum atomic E-state index is -0.747. The molecule has 4 aromatic rings. The zero-order valence-corrected chi connectivity index (χ0v) is 18.4. The molecule has 0 N–H and O–H groups in total. The van der Waals surface area contributed by atoms with Gasteiger partial charge in [-0.05, 0) is 42.2 Å². The minimum Gasteiger partial charge on any atom is -0.260 e. The molecule has 0 saturated heterocycles. The van der Waals surface area contributed by atoms with Gasteiger partial charge >= 0.3 is 0 Å². The fraction of sp³-hybridized carbons (Fsp3) is 0.148. The Bertz CT molecular complexity index is 938. The molecular formula is C27H27N2P. The molecule has 2 atom stereocenters. The first kappa shape index (κ1) is 20.5. The van der Waals surface area contributed by atoms with E-state index in [1.807, 2.05) is 12.3 Å². The van der Waals surface area contributed by atoms with E-state index < -0.39 is 8.07 Å². The summed E-state index contributed by atoms with van der Waals surface area (Å²) >= 11 is 0. The molecule has 0 unspecified atom stereocenters. The monoisotopic (exact) mass is 410 g/mol. The van der Waals surface area contributed by atoms with E-state index in [-0.39, 0.29) is 12.1 Å². The van der Waals surface area contributed by atoms with E-state index >= 15 is 0 Å². The molecule has 0 saturated carbocycles. The number of rotatable bonds is 7. The van der Waals surface area contributed by atoms with Crippen molar-refractivity contribution in [2.45, 2.75) is 25.9 Å². The van der Waals surface area contributed by atoms with Crippen molar-refractivity contribution >= 4 is 18.7 Å². The van der Waals surface area contributed by atoms with Gasteiger partial charge in [0.15, 0.2) is 0 Å². The number of pyridine rings is 1. The van der Waals surface area contributed by atoms with Crippen LogP contribution in [0.15, 0.2) is 115 Å². The summed E-state index contributed by atoms with van der Waals surface area (Å²) < 4.78 is 2.65. The lowest BCUT2D eigenvalue weighted by molar-refractivity contribution is 0.298. The van der Waals surface area contributed by atoms with Crippen LogP contribution in [0.4, 0.5) is 0 Å². The van der Waals surface area contributed by atoms with Crippen molar-refractivity contribution in [3.63, 3.8) is 0 Å². The highest BCUT2D eigenvalue weighted by molar-refractivity contribution is 7.70. The van der Waals surface area contributed by atoms with Gasteiger partial charge in [0.05, 0.1) is 11.7 Å². The van der Waals surface area contributed by atoms with Crippen molar-refractivity contribution in [1.29, 1.82) is 0 Å². The Morgan fingerprint density at radius 2 is 1.10 bits per heavy atom. The van der Waals surface area contributed by atoms with Crippen molar-refractivity contribution in [2.75, 3.05) is 0 Å². The molecule has 2 nitrogen and oxygen atoms in total. The van der Waals surface area contributed by atoms with Crippen LogP contribution in [0.25, 0.3) is 0 Å². The normalized spacial score (nSPS) is 13.3. The second-order valence-electron chi connectivity index (χ2n) is 7.38. The topological polar surface area (TPSA) is 16.1 Å². The molecule has 30 heavy (non-hydrogen) atoms. The summed E-state index contributed by atoms with van der Waals surface area (Å²) in [4.78, 5) is 4.71. The minimum absolute atomic E-state index is 0.160. The van der Waals surface area contributed by atoms with E-state index in [9.17, 15) is 0 Å². The molecule has 1 heterocycles. The molecule has 4 rings (SSSR count). The van der Waals surface area contributed by atoms with Gasteiger partial charge in [-0.15, -0.1) is 0 Å². The average Bonchev–Trinajstić information content (AvgIpc) is 2.84. The lowest BCUT2D eigenvalue weighted by atomic mass is 10.1. The molecule has 0 fully saturated rings. The zero-order valence-electron chi connectivity index (χ0n) is 17.5. The van der Waals surface area contributed by atoms with Gasteiger partial charge in [0.25, 0.3) is 0 Å².